The van der Waals surface area contributed by atoms with E-state index < -0.39 is 5.60 Å². The smallest absolute Gasteiger partial charge is 0.410 e. The van der Waals surface area contributed by atoms with E-state index in [0.717, 1.165) is 57.8 Å². The number of carbonyl (C=O) groups is 2. The summed E-state index contributed by atoms with van der Waals surface area (Å²) in [7, 11) is 0. The molecule has 1 heterocycles. The van der Waals surface area contributed by atoms with Crippen LogP contribution < -0.4 is 10.6 Å². The predicted octanol–water partition coefficient (Wildman–Crippen LogP) is 2.59. The van der Waals surface area contributed by atoms with Gasteiger partial charge in [0.1, 0.15) is 5.60 Å². The molecule has 2 N–H and O–H groups in total. The number of ether oxygens (including phenoxy) is 1. The predicted molar refractivity (Wildman–Crippen MR) is 122 cm³/mol. The molecule has 31 heavy (non-hydrogen) atoms. The molecule has 0 bridgehead atoms. The standard InChI is InChI=1S/C23H41N5O3/c1-5-24-21(26-13-12-25-20(29)18-8-9-18)27-14-10-19(11-15-27)28(16-17-6-7-17)22(30)31-23(2,3)4/h17-19H,5-16H2,1-4H3,(H,24,26)(H,25,29). The molecule has 2 amide bonds. The van der Waals surface area contributed by atoms with Crippen molar-refractivity contribution in [3.63, 3.8) is 0 Å². The molecule has 0 spiro atoms. The third-order valence-electron chi connectivity index (χ3n) is 5.94. The zero-order chi connectivity index (χ0) is 22.4. The average Bonchev–Trinajstić information content (AvgIpc) is 3.61. The summed E-state index contributed by atoms with van der Waals surface area (Å²) in [5.41, 5.74) is -0.473. The third kappa shape index (κ3) is 7.89. The Morgan fingerprint density at radius 2 is 1.74 bits per heavy atom. The monoisotopic (exact) mass is 435 g/mol. The number of likely N-dealkylation sites (tertiary alicyclic amines) is 1. The van der Waals surface area contributed by atoms with Crippen molar-refractivity contribution in [2.75, 3.05) is 39.3 Å². The summed E-state index contributed by atoms with van der Waals surface area (Å²) < 4.78 is 5.70. The maximum absolute atomic E-state index is 12.8. The van der Waals surface area contributed by atoms with Gasteiger partial charge in [-0.3, -0.25) is 9.79 Å². The number of hydrogen-bond donors (Lipinski definition) is 2. The lowest BCUT2D eigenvalue weighted by Crippen LogP contribution is -2.52. The van der Waals surface area contributed by atoms with Crippen molar-refractivity contribution >= 4 is 18.0 Å². The van der Waals surface area contributed by atoms with Gasteiger partial charge in [-0.15, -0.1) is 0 Å². The van der Waals surface area contributed by atoms with Gasteiger partial charge in [0.2, 0.25) is 5.91 Å². The van der Waals surface area contributed by atoms with E-state index >= 15 is 0 Å². The maximum Gasteiger partial charge on any atom is 0.410 e. The van der Waals surface area contributed by atoms with Crippen LogP contribution in [0.2, 0.25) is 0 Å². The van der Waals surface area contributed by atoms with Gasteiger partial charge in [0.25, 0.3) is 0 Å². The summed E-state index contributed by atoms with van der Waals surface area (Å²) in [6, 6.07) is 0.215. The highest BCUT2D eigenvalue weighted by molar-refractivity contribution is 5.81. The van der Waals surface area contributed by atoms with Crippen LogP contribution >= 0.6 is 0 Å². The fraction of sp³-hybridized carbons (Fsp3) is 0.870. The molecular weight excluding hydrogens is 394 g/mol. The zero-order valence-corrected chi connectivity index (χ0v) is 19.8. The molecule has 1 saturated heterocycles. The van der Waals surface area contributed by atoms with Gasteiger partial charge in [-0.1, -0.05) is 0 Å². The molecule has 0 aromatic heterocycles. The summed E-state index contributed by atoms with van der Waals surface area (Å²) in [5, 5.41) is 6.35. The average molecular weight is 436 g/mol. The molecule has 0 aromatic carbocycles. The lowest BCUT2D eigenvalue weighted by atomic mass is 10.0. The quantitative estimate of drug-likeness (QED) is 0.348. The molecule has 2 aliphatic carbocycles. The lowest BCUT2D eigenvalue weighted by molar-refractivity contribution is -0.122. The second-order valence-corrected chi connectivity index (χ2v) is 10.1. The van der Waals surface area contributed by atoms with Crippen molar-refractivity contribution in [3.8, 4) is 0 Å². The Balaban J connectivity index is 1.50. The molecule has 0 atom stereocenters. The van der Waals surface area contributed by atoms with E-state index in [-0.39, 0.29) is 24.0 Å². The number of amides is 2. The van der Waals surface area contributed by atoms with Crippen LogP contribution in [0.4, 0.5) is 4.79 Å². The van der Waals surface area contributed by atoms with Crippen LogP contribution in [-0.2, 0) is 9.53 Å². The zero-order valence-electron chi connectivity index (χ0n) is 19.8. The molecular formula is C23H41N5O3. The molecule has 3 aliphatic rings. The summed E-state index contributed by atoms with van der Waals surface area (Å²) in [6.07, 6.45) is 6.12. The largest absolute Gasteiger partial charge is 0.444 e. The van der Waals surface area contributed by atoms with E-state index in [1.54, 1.807) is 0 Å². The minimum absolute atomic E-state index is 0.166. The van der Waals surface area contributed by atoms with E-state index in [1.807, 2.05) is 25.7 Å². The molecule has 8 heteroatoms. The Labute approximate surface area is 187 Å². The highest BCUT2D eigenvalue weighted by Gasteiger charge is 2.35. The lowest BCUT2D eigenvalue weighted by Gasteiger charge is -2.40. The van der Waals surface area contributed by atoms with Crippen LogP contribution in [0.1, 0.15) is 66.2 Å². The van der Waals surface area contributed by atoms with Gasteiger partial charge in [-0.05, 0) is 72.1 Å². The second-order valence-electron chi connectivity index (χ2n) is 10.1. The minimum Gasteiger partial charge on any atom is -0.444 e. The summed E-state index contributed by atoms with van der Waals surface area (Å²) in [6.45, 7) is 12.3. The molecule has 2 saturated carbocycles. The highest BCUT2D eigenvalue weighted by atomic mass is 16.6. The Morgan fingerprint density at radius 3 is 2.29 bits per heavy atom. The van der Waals surface area contributed by atoms with E-state index in [1.165, 1.54) is 12.8 Å². The Morgan fingerprint density at radius 1 is 1.06 bits per heavy atom. The third-order valence-corrected chi connectivity index (χ3v) is 5.94. The van der Waals surface area contributed by atoms with Crippen molar-refractivity contribution in [1.82, 2.24) is 20.4 Å². The first-order valence-corrected chi connectivity index (χ1v) is 12.1. The van der Waals surface area contributed by atoms with Crippen molar-refractivity contribution in [1.29, 1.82) is 0 Å². The molecule has 0 aromatic rings. The van der Waals surface area contributed by atoms with Crippen LogP contribution in [0.15, 0.2) is 4.99 Å². The first kappa shape index (κ1) is 23.7. The van der Waals surface area contributed by atoms with Crippen molar-refractivity contribution in [3.05, 3.63) is 0 Å². The first-order valence-electron chi connectivity index (χ1n) is 12.1. The fourth-order valence-electron chi connectivity index (χ4n) is 3.92. The molecule has 0 radical (unpaired) electrons. The van der Waals surface area contributed by atoms with Crippen LogP contribution in [0.5, 0.6) is 0 Å². The first-order chi connectivity index (χ1) is 14.8. The normalized spacial score (nSPS) is 20.4. The number of aliphatic imine (C=N–C) groups is 1. The van der Waals surface area contributed by atoms with E-state index in [2.05, 4.69) is 22.5 Å². The second kappa shape index (κ2) is 10.6. The minimum atomic E-state index is -0.473. The van der Waals surface area contributed by atoms with Gasteiger partial charge in [-0.2, -0.15) is 0 Å². The summed E-state index contributed by atoms with van der Waals surface area (Å²) in [4.78, 5) is 33.6. The highest BCUT2D eigenvalue weighted by Crippen LogP contribution is 2.32. The van der Waals surface area contributed by atoms with Crippen LogP contribution in [0.25, 0.3) is 0 Å². The van der Waals surface area contributed by atoms with Crippen molar-refractivity contribution in [2.24, 2.45) is 16.8 Å². The molecule has 3 fully saturated rings. The van der Waals surface area contributed by atoms with Gasteiger partial charge in [-0.25, -0.2) is 4.79 Å². The van der Waals surface area contributed by atoms with Gasteiger partial charge < -0.3 is 25.2 Å². The molecule has 8 nitrogen and oxygen atoms in total. The molecule has 0 unspecified atom stereocenters. The van der Waals surface area contributed by atoms with Crippen LogP contribution in [-0.4, -0.2) is 78.7 Å². The molecule has 1 aliphatic heterocycles. The number of nitrogens with zero attached hydrogens (tertiary/aromatic N) is 3. The van der Waals surface area contributed by atoms with Gasteiger partial charge >= 0.3 is 6.09 Å². The Hall–Kier alpha value is -1.99. The fourth-order valence-corrected chi connectivity index (χ4v) is 3.92. The van der Waals surface area contributed by atoms with E-state index in [0.29, 0.717) is 19.0 Å². The number of rotatable bonds is 8. The van der Waals surface area contributed by atoms with Crippen molar-refractivity contribution in [2.45, 2.75) is 77.9 Å². The topological polar surface area (TPSA) is 86.3 Å². The van der Waals surface area contributed by atoms with Crippen LogP contribution in [0.3, 0.4) is 0 Å². The molecule has 3 rings (SSSR count). The summed E-state index contributed by atoms with van der Waals surface area (Å²) in [5.74, 6) is 1.93. The maximum atomic E-state index is 12.8. The summed E-state index contributed by atoms with van der Waals surface area (Å²) >= 11 is 0. The van der Waals surface area contributed by atoms with E-state index in [4.69, 9.17) is 9.73 Å². The number of hydrogen-bond acceptors (Lipinski definition) is 4. The number of piperidine rings is 1. The van der Waals surface area contributed by atoms with Gasteiger partial charge in [0, 0.05) is 44.7 Å². The van der Waals surface area contributed by atoms with Gasteiger partial charge in [0.15, 0.2) is 5.96 Å². The number of carbonyl (C=O) groups excluding carboxylic acids is 2. The SMILES string of the molecule is CCNC(=NCCNC(=O)C1CC1)N1CCC(N(CC2CC2)C(=O)OC(C)(C)C)CC1. The Kier molecular flexibility index (Phi) is 8.06. The number of nitrogens with one attached hydrogen (secondary N) is 2. The van der Waals surface area contributed by atoms with Crippen LogP contribution in [0, 0.1) is 11.8 Å². The Bertz CT molecular complexity index is 644. The number of guanidine groups is 1. The van der Waals surface area contributed by atoms with Crippen molar-refractivity contribution < 1.29 is 14.3 Å². The van der Waals surface area contributed by atoms with E-state index in [9.17, 15) is 9.59 Å². The molecule has 176 valence electrons. The van der Waals surface area contributed by atoms with Gasteiger partial charge in [0.05, 0.1) is 6.54 Å².